The Labute approximate surface area is 170 Å². The lowest BCUT2D eigenvalue weighted by Crippen LogP contribution is -2.38. The Hall–Kier alpha value is -3.03. The number of fused-ring (bicyclic) bond motifs is 2. The second kappa shape index (κ2) is 7.09. The highest BCUT2D eigenvalue weighted by molar-refractivity contribution is 5.95. The van der Waals surface area contributed by atoms with Gasteiger partial charge in [0, 0.05) is 51.3 Å². The van der Waals surface area contributed by atoms with Crippen LogP contribution < -0.4 is 19.3 Å². The number of anilines is 2. The van der Waals surface area contributed by atoms with Crippen molar-refractivity contribution in [3.63, 3.8) is 0 Å². The van der Waals surface area contributed by atoms with E-state index >= 15 is 0 Å². The van der Waals surface area contributed by atoms with Crippen LogP contribution >= 0.6 is 0 Å². The summed E-state index contributed by atoms with van der Waals surface area (Å²) in [6, 6.07) is 5.36. The zero-order chi connectivity index (χ0) is 20.0. The van der Waals surface area contributed by atoms with Gasteiger partial charge in [0.05, 0.1) is 12.2 Å². The molecule has 4 heterocycles. The average molecular weight is 395 g/mol. The molecule has 2 aromatic rings. The molecule has 1 fully saturated rings. The molecule has 3 aliphatic heterocycles. The maximum atomic E-state index is 13.1. The molecular formula is C21H25N5O3. The van der Waals surface area contributed by atoms with Crippen molar-refractivity contribution in [2.75, 3.05) is 50.3 Å². The topological polar surface area (TPSA) is 71.0 Å². The second-order valence-corrected chi connectivity index (χ2v) is 7.91. The van der Waals surface area contributed by atoms with Crippen LogP contribution in [0.4, 0.5) is 11.8 Å². The van der Waals surface area contributed by atoms with Crippen molar-refractivity contribution in [3.8, 4) is 11.5 Å². The monoisotopic (exact) mass is 395 g/mol. The van der Waals surface area contributed by atoms with E-state index in [1.54, 1.807) is 18.2 Å². The van der Waals surface area contributed by atoms with E-state index in [0.717, 1.165) is 42.5 Å². The molecule has 8 nitrogen and oxygen atoms in total. The Morgan fingerprint density at radius 3 is 2.66 bits per heavy atom. The molecule has 0 saturated carbocycles. The average Bonchev–Trinajstić information content (AvgIpc) is 3.43. The van der Waals surface area contributed by atoms with Gasteiger partial charge in [0.2, 0.25) is 12.7 Å². The minimum atomic E-state index is -0.0118. The number of amides is 1. The van der Waals surface area contributed by atoms with Crippen molar-refractivity contribution in [1.29, 1.82) is 0 Å². The molecule has 1 aromatic carbocycles. The van der Waals surface area contributed by atoms with Gasteiger partial charge in [-0.25, -0.2) is 4.98 Å². The summed E-state index contributed by atoms with van der Waals surface area (Å²) in [5.74, 6) is 3.02. The standard InChI is InChI=1S/C21H25N5O3/c1-24(2)19-15-12-26(20(27)14-5-6-17-18(11-14)29-13-28-17)10-7-16(15)22-21(23-19)25-8-3-4-9-25/h5-6,11H,3-4,7-10,12-13H2,1-2H3. The largest absolute Gasteiger partial charge is 0.454 e. The van der Waals surface area contributed by atoms with Gasteiger partial charge in [0.1, 0.15) is 5.82 Å². The van der Waals surface area contributed by atoms with Gasteiger partial charge in [0.15, 0.2) is 11.5 Å². The zero-order valence-electron chi connectivity index (χ0n) is 16.8. The summed E-state index contributed by atoms with van der Waals surface area (Å²) in [5.41, 5.74) is 2.71. The maximum absolute atomic E-state index is 13.1. The molecule has 1 saturated heterocycles. The summed E-state index contributed by atoms with van der Waals surface area (Å²) >= 11 is 0. The molecule has 0 aliphatic carbocycles. The number of ether oxygens (including phenoxy) is 2. The zero-order valence-corrected chi connectivity index (χ0v) is 16.8. The van der Waals surface area contributed by atoms with Gasteiger partial charge in [-0.3, -0.25) is 4.79 Å². The number of carbonyl (C=O) groups excluding carboxylic acids is 1. The lowest BCUT2D eigenvalue weighted by Gasteiger charge is -2.32. The third-order valence-electron chi connectivity index (χ3n) is 5.75. The van der Waals surface area contributed by atoms with Crippen LogP contribution in [0.15, 0.2) is 18.2 Å². The van der Waals surface area contributed by atoms with Crippen molar-refractivity contribution in [1.82, 2.24) is 14.9 Å². The lowest BCUT2D eigenvalue weighted by atomic mass is 10.0. The van der Waals surface area contributed by atoms with Crippen LogP contribution in [0.2, 0.25) is 0 Å². The fraction of sp³-hybridized carbons (Fsp3) is 0.476. The summed E-state index contributed by atoms with van der Waals surface area (Å²) < 4.78 is 10.8. The number of hydrogen-bond acceptors (Lipinski definition) is 7. The van der Waals surface area contributed by atoms with E-state index in [-0.39, 0.29) is 12.7 Å². The van der Waals surface area contributed by atoms with Gasteiger partial charge < -0.3 is 24.2 Å². The summed E-state index contributed by atoms with van der Waals surface area (Å²) in [5, 5.41) is 0. The van der Waals surface area contributed by atoms with Crippen molar-refractivity contribution < 1.29 is 14.3 Å². The van der Waals surface area contributed by atoms with E-state index in [4.69, 9.17) is 19.4 Å². The molecule has 0 spiro atoms. The highest BCUT2D eigenvalue weighted by Gasteiger charge is 2.29. The molecule has 1 aromatic heterocycles. The molecule has 0 N–H and O–H groups in total. The minimum Gasteiger partial charge on any atom is -0.454 e. The first kappa shape index (κ1) is 18.0. The first-order valence-electron chi connectivity index (χ1n) is 10.1. The molecule has 152 valence electrons. The molecule has 3 aliphatic rings. The molecule has 8 heteroatoms. The third kappa shape index (κ3) is 3.22. The highest BCUT2D eigenvalue weighted by Crippen LogP contribution is 2.34. The number of carbonyl (C=O) groups is 1. The molecule has 5 rings (SSSR count). The third-order valence-corrected chi connectivity index (χ3v) is 5.75. The Balaban J connectivity index is 1.43. The molecule has 29 heavy (non-hydrogen) atoms. The van der Waals surface area contributed by atoms with Crippen molar-refractivity contribution in [2.24, 2.45) is 0 Å². The summed E-state index contributed by atoms with van der Waals surface area (Å²) in [7, 11) is 3.99. The van der Waals surface area contributed by atoms with Crippen LogP contribution in [0.1, 0.15) is 34.5 Å². The van der Waals surface area contributed by atoms with Gasteiger partial charge in [-0.15, -0.1) is 0 Å². The number of benzene rings is 1. The highest BCUT2D eigenvalue weighted by atomic mass is 16.7. The van der Waals surface area contributed by atoms with Crippen LogP contribution in [-0.2, 0) is 13.0 Å². The molecule has 0 bridgehead atoms. The van der Waals surface area contributed by atoms with Gasteiger partial charge in [0.25, 0.3) is 5.91 Å². The Bertz CT molecular complexity index is 956. The molecule has 1 amide bonds. The molecular weight excluding hydrogens is 370 g/mol. The number of hydrogen-bond donors (Lipinski definition) is 0. The second-order valence-electron chi connectivity index (χ2n) is 7.91. The molecule has 0 unspecified atom stereocenters. The van der Waals surface area contributed by atoms with Crippen LogP contribution in [0.25, 0.3) is 0 Å². The van der Waals surface area contributed by atoms with Gasteiger partial charge in [-0.1, -0.05) is 0 Å². The Morgan fingerprint density at radius 2 is 1.86 bits per heavy atom. The van der Waals surface area contributed by atoms with Crippen molar-refractivity contribution in [2.45, 2.75) is 25.8 Å². The number of nitrogens with zero attached hydrogens (tertiary/aromatic N) is 5. The van der Waals surface area contributed by atoms with E-state index in [0.29, 0.717) is 30.2 Å². The summed E-state index contributed by atoms with van der Waals surface area (Å²) in [6.07, 6.45) is 3.11. The quantitative estimate of drug-likeness (QED) is 0.788. The van der Waals surface area contributed by atoms with Crippen LogP contribution in [0.5, 0.6) is 11.5 Å². The first-order valence-corrected chi connectivity index (χ1v) is 10.1. The maximum Gasteiger partial charge on any atom is 0.254 e. The summed E-state index contributed by atoms with van der Waals surface area (Å²) in [4.78, 5) is 29.0. The molecule has 0 radical (unpaired) electrons. The Morgan fingerprint density at radius 1 is 1.07 bits per heavy atom. The SMILES string of the molecule is CN(C)c1nc(N2CCCC2)nc2c1CN(C(=O)c1ccc3c(c1)OCO3)CC2. The van der Waals surface area contributed by atoms with Crippen molar-refractivity contribution in [3.05, 3.63) is 35.0 Å². The lowest BCUT2D eigenvalue weighted by molar-refractivity contribution is 0.0733. The van der Waals surface area contributed by atoms with Gasteiger partial charge >= 0.3 is 0 Å². The predicted molar refractivity (Wildman–Crippen MR) is 109 cm³/mol. The van der Waals surface area contributed by atoms with Crippen LogP contribution in [-0.4, -0.2) is 61.3 Å². The predicted octanol–water partition coefficient (Wildman–Crippen LogP) is 2.07. The minimum absolute atomic E-state index is 0.0118. The summed E-state index contributed by atoms with van der Waals surface area (Å²) in [6.45, 7) is 3.38. The number of rotatable bonds is 3. The fourth-order valence-corrected chi connectivity index (χ4v) is 4.20. The van der Waals surface area contributed by atoms with E-state index in [9.17, 15) is 4.79 Å². The van der Waals surface area contributed by atoms with E-state index < -0.39 is 0 Å². The smallest absolute Gasteiger partial charge is 0.254 e. The van der Waals surface area contributed by atoms with Crippen LogP contribution in [0, 0.1) is 0 Å². The Kier molecular flexibility index (Phi) is 4.41. The fourth-order valence-electron chi connectivity index (χ4n) is 4.20. The first-order chi connectivity index (χ1) is 14.1. The normalized spacial score (nSPS) is 17.4. The number of aromatic nitrogens is 2. The van der Waals surface area contributed by atoms with E-state index in [1.165, 1.54) is 12.8 Å². The molecule has 0 atom stereocenters. The van der Waals surface area contributed by atoms with E-state index in [1.807, 2.05) is 23.9 Å². The van der Waals surface area contributed by atoms with Gasteiger partial charge in [-0.05, 0) is 31.0 Å². The van der Waals surface area contributed by atoms with Gasteiger partial charge in [-0.2, -0.15) is 4.98 Å². The van der Waals surface area contributed by atoms with E-state index in [2.05, 4.69) is 4.90 Å². The van der Waals surface area contributed by atoms with Crippen LogP contribution in [0.3, 0.4) is 0 Å². The van der Waals surface area contributed by atoms with Crippen molar-refractivity contribution >= 4 is 17.7 Å².